The van der Waals surface area contributed by atoms with Crippen LogP contribution in [0.5, 0.6) is 11.5 Å². The van der Waals surface area contributed by atoms with Crippen LogP contribution in [0.4, 0.5) is 0 Å². The third-order valence-corrected chi connectivity index (χ3v) is 14.7. The predicted molar refractivity (Wildman–Crippen MR) is 299 cm³/mol. The Morgan fingerprint density at radius 3 is 1.99 bits per heavy atom. The molecule has 27 heteroatoms. The van der Waals surface area contributed by atoms with Gasteiger partial charge in [0, 0.05) is 13.5 Å². The average molecular weight is 1190 g/mol. The fourth-order valence-electron chi connectivity index (χ4n) is 9.52. The average Bonchev–Trinajstić information content (AvgIpc) is 3.51. The Hall–Kier alpha value is -7.13. The molecular weight excluding hydrogens is 1110 g/mol. The molecule has 460 valence electrons. The first-order valence-electron chi connectivity index (χ1n) is 27.7. The smallest absolute Gasteiger partial charge is 0.329 e. The number of cyclic esters (lactones) is 1. The van der Waals surface area contributed by atoms with Gasteiger partial charge in [0.25, 0.3) is 5.91 Å². The largest absolute Gasteiger partial charge is 0.508 e. The number of aryl methyl sites for hydroxylation is 1. The zero-order valence-corrected chi connectivity index (χ0v) is 49.1. The molecule has 13 atom stereocenters. The molecule has 0 radical (unpaired) electrons. The number of aliphatic hydroxyl groups excluding tert-OH is 4. The summed E-state index contributed by atoms with van der Waals surface area (Å²) in [7, 11) is 1.21. The van der Waals surface area contributed by atoms with Crippen LogP contribution in [0.2, 0.25) is 5.02 Å². The second-order valence-corrected chi connectivity index (χ2v) is 22.7. The van der Waals surface area contributed by atoms with Crippen molar-refractivity contribution in [2.75, 3.05) is 13.7 Å². The number of rotatable bonds is 20. The Balaban J connectivity index is 1.72. The molecular formula is C56H82ClN9O17. The van der Waals surface area contributed by atoms with E-state index in [9.17, 15) is 78.6 Å². The van der Waals surface area contributed by atoms with Crippen molar-refractivity contribution in [2.24, 2.45) is 17.8 Å². The normalized spacial score (nSPS) is 24.2. The minimum atomic E-state index is -1.86. The van der Waals surface area contributed by atoms with Crippen molar-refractivity contribution in [3.05, 3.63) is 58.6 Å². The first kappa shape index (κ1) is 68.4. The lowest BCUT2D eigenvalue weighted by molar-refractivity contribution is -0.170. The zero-order valence-electron chi connectivity index (χ0n) is 48.4. The van der Waals surface area contributed by atoms with Gasteiger partial charge < -0.3 is 82.4 Å². The van der Waals surface area contributed by atoms with E-state index in [4.69, 9.17) is 16.3 Å². The second-order valence-electron chi connectivity index (χ2n) is 22.3. The highest BCUT2D eigenvalue weighted by Crippen LogP contribution is 2.28. The van der Waals surface area contributed by atoms with Gasteiger partial charge in [0.2, 0.25) is 47.3 Å². The maximum atomic E-state index is 14.7. The number of halogens is 1. The zero-order chi connectivity index (χ0) is 62.3. The van der Waals surface area contributed by atoms with Gasteiger partial charge in [0.15, 0.2) is 6.10 Å². The van der Waals surface area contributed by atoms with Gasteiger partial charge in [-0.25, -0.2) is 4.79 Å². The lowest BCUT2D eigenvalue weighted by Gasteiger charge is -2.43. The molecule has 2 fully saturated rings. The number of amides is 9. The molecule has 0 unspecified atom stereocenters. The van der Waals surface area contributed by atoms with Gasteiger partial charge >= 0.3 is 5.97 Å². The van der Waals surface area contributed by atoms with Crippen molar-refractivity contribution < 1.29 is 83.3 Å². The number of esters is 1. The van der Waals surface area contributed by atoms with Crippen LogP contribution in [-0.2, 0) is 65.5 Å². The number of hydrogen-bond donors (Lipinski definition) is 13. The predicted octanol–water partition coefficient (Wildman–Crippen LogP) is -1.10. The van der Waals surface area contributed by atoms with Crippen molar-refractivity contribution in [2.45, 2.75) is 186 Å². The Kier molecular flexibility index (Phi) is 25.5. The van der Waals surface area contributed by atoms with E-state index in [1.807, 2.05) is 0 Å². The van der Waals surface area contributed by atoms with Crippen molar-refractivity contribution in [3.8, 4) is 11.5 Å². The van der Waals surface area contributed by atoms with Gasteiger partial charge in [-0.2, -0.15) is 0 Å². The summed E-state index contributed by atoms with van der Waals surface area (Å²) in [5.74, 6) is -12.0. The number of carbonyl (C=O) groups is 10. The molecule has 0 aromatic heterocycles. The quantitative estimate of drug-likeness (QED) is 0.0700. The van der Waals surface area contributed by atoms with Crippen LogP contribution in [-0.4, -0.2) is 192 Å². The van der Waals surface area contributed by atoms with Crippen molar-refractivity contribution in [3.63, 3.8) is 0 Å². The molecule has 0 saturated carbocycles. The number of ether oxygens (including phenoxy) is 1. The van der Waals surface area contributed by atoms with E-state index in [0.29, 0.717) is 18.4 Å². The van der Waals surface area contributed by atoms with E-state index in [0.717, 1.165) is 15.4 Å². The van der Waals surface area contributed by atoms with Gasteiger partial charge in [-0.15, -0.1) is 0 Å². The van der Waals surface area contributed by atoms with Crippen molar-refractivity contribution in [1.29, 1.82) is 0 Å². The number of hydrogen-bond acceptors (Lipinski definition) is 17. The summed E-state index contributed by atoms with van der Waals surface area (Å²) in [5, 5.41) is 79.4. The second kappa shape index (κ2) is 31.0. The van der Waals surface area contributed by atoms with Crippen LogP contribution < -0.4 is 37.2 Å². The number of likely N-dealkylation sites (N-methyl/N-ethyl adjacent to an activating group) is 1. The van der Waals surface area contributed by atoms with E-state index in [2.05, 4.69) is 37.2 Å². The highest BCUT2D eigenvalue weighted by molar-refractivity contribution is 6.32. The molecule has 9 amide bonds. The van der Waals surface area contributed by atoms with Crippen LogP contribution in [0, 0.1) is 17.8 Å². The van der Waals surface area contributed by atoms with Gasteiger partial charge in [0.1, 0.15) is 78.2 Å². The summed E-state index contributed by atoms with van der Waals surface area (Å²) in [4.78, 5) is 144. The topological polar surface area (TPSA) is 392 Å². The van der Waals surface area contributed by atoms with Crippen LogP contribution in [0.3, 0.4) is 0 Å². The Bertz CT molecular complexity index is 2640. The number of carbonyl (C=O) groups excluding carboxylic acids is 10. The first-order valence-corrected chi connectivity index (χ1v) is 28.1. The van der Waals surface area contributed by atoms with Crippen LogP contribution >= 0.6 is 11.6 Å². The molecule has 2 bridgehead atoms. The standard InChI is InChI=1S/C56H82ClN9O17/c1-26(2)22-38-49(75)60-37-19-21-42(72)66(54(37)80)46(30(8)68)55(81)65(10)39(24-33-16-20-40(70)35(57)23-33)50(76)63-44(28(5)6)56(82)83-31(9)45(53(79)61-38)64-52(78)43(27(3)4)62-47(73)29(7)58-48(74)36(59-51(77)41(71)25-67)13-11-12-32-14-17-34(69)18-15-32/h14-18,20,23,26-31,36-39,41-46,67-72H,11-13,19,21-22,24-25H2,1-10H3,(H,58,74)(H,59,77)(H,60,75)(H,61,79)(H,62,73)(H,63,76)(H,64,78)/t29-,30-,31+,36-,37-,38-,39-,41+,42+,43-,44-,45-,46-/m0/s1. The first-order chi connectivity index (χ1) is 38.9. The minimum absolute atomic E-state index is 0.000413. The molecule has 4 rings (SSSR count). The van der Waals surface area contributed by atoms with E-state index < -0.39 is 156 Å². The number of aromatic hydroxyl groups is 2. The van der Waals surface area contributed by atoms with E-state index >= 15 is 0 Å². The molecule has 0 aliphatic carbocycles. The third kappa shape index (κ3) is 18.9. The fraction of sp³-hybridized carbons (Fsp3) is 0.607. The summed E-state index contributed by atoms with van der Waals surface area (Å²) < 4.78 is 5.89. The summed E-state index contributed by atoms with van der Waals surface area (Å²) >= 11 is 6.23. The molecule has 2 aliphatic rings. The van der Waals surface area contributed by atoms with Crippen LogP contribution in [0.1, 0.15) is 106 Å². The van der Waals surface area contributed by atoms with Crippen molar-refractivity contribution in [1.82, 2.24) is 47.0 Å². The van der Waals surface area contributed by atoms with Gasteiger partial charge in [0.05, 0.1) is 17.7 Å². The summed E-state index contributed by atoms with van der Waals surface area (Å²) in [5.41, 5.74) is 1.11. The molecule has 2 heterocycles. The number of benzene rings is 2. The number of phenolic OH excluding ortho intramolecular Hbond substituents is 2. The van der Waals surface area contributed by atoms with Crippen LogP contribution in [0.15, 0.2) is 42.5 Å². The van der Waals surface area contributed by atoms with E-state index in [1.165, 1.54) is 58.2 Å². The highest BCUT2D eigenvalue weighted by Gasteiger charge is 2.47. The molecule has 2 aliphatic heterocycles. The van der Waals surface area contributed by atoms with Gasteiger partial charge in [-0.05, 0) is 112 Å². The maximum Gasteiger partial charge on any atom is 0.329 e. The minimum Gasteiger partial charge on any atom is -0.508 e. The molecule has 2 aromatic carbocycles. The number of nitrogens with one attached hydrogen (secondary N) is 7. The molecule has 2 aromatic rings. The summed E-state index contributed by atoms with van der Waals surface area (Å²) in [6.45, 7) is 12.5. The summed E-state index contributed by atoms with van der Waals surface area (Å²) in [6.07, 6.45) is -6.87. The lowest BCUT2D eigenvalue weighted by atomic mass is 9.96. The highest BCUT2D eigenvalue weighted by atomic mass is 35.5. The number of piperidine rings is 1. The Morgan fingerprint density at radius 1 is 0.771 bits per heavy atom. The molecule has 0 spiro atoms. The number of nitrogens with zero attached hydrogens (tertiary/aromatic N) is 2. The lowest BCUT2D eigenvalue weighted by Crippen LogP contribution is -2.67. The molecule has 83 heavy (non-hydrogen) atoms. The van der Waals surface area contributed by atoms with E-state index in [-0.39, 0.29) is 54.5 Å². The molecule has 2 saturated heterocycles. The Morgan fingerprint density at radius 2 is 1.41 bits per heavy atom. The number of aliphatic hydroxyl groups is 4. The monoisotopic (exact) mass is 1190 g/mol. The Labute approximate surface area is 487 Å². The molecule has 13 N–H and O–H groups in total. The fourth-order valence-corrected chi connectivity index (χ4v) is 9.72. The summed E-state index contributed by atoms with van der Waals surface area (Å²) in [6, 6.07) is -3.56. The van der Waals surface area contributed by atoms with Gasteiger partial charge in [-0.3, -0.25) is 43.2 Å². The van der Waals surface area contributed by atoms with Crippen molar-refractivity contribution >= 4 is 70.7 Å². The maximum absolute atomic E-state index is 14.7. The number of fused-ring (bicyclic) bond motifs is 2. The van der Waals surface area contributed by atoms with Gasteiger partial charge in [-0.1, -0.05) is 71.3 Å². The SMILES string of the molecule is CC(C)C[C@@H]1NC(=O)[C@@H](NC(=O)[C@@H](NC(=O)[C@H](C)NC(=O)[C@H](CCCc2ccc(O)cc2)NC(=O)[C@H](O)CO)C(C)C)[C@@H](C)OC(=O)[C@H](C(C)C)NC(=O)[C@H](Cc2ccc(O)c(Cl)c2)N(C)C(=O)[C@H]([C@H](C)O)N2C(=O)[C@H](CC[C@H]2O)NC1=O. The number of phenols is 2. The third-order valence-electron chi connectivity index (χ3n) is 14.4. The molecule has 26 nitrogen and oxygen atoms in total. The van der Waals surface area contributed by atoms with E-state index in [1.54, 1.807) is 53.7 Å². The van der Waals surface area contributed by atoms with Crippen LogP contribution in [0.25, 0.3) is 0 Å².